The van der Waals surface area contributed by atoms with E-state index in [1.165, 1.54) is 0 Å². The number of amides is 1. The molecule has 1 amide bonds. The number of carboxylic acids is 1. The number of hydrogen-bond donors (Lipinski definition) is 1. The Balaban J connectivity index is 1.70. The summed E-state index contributed by atoms with van der Waals surface area (Å²) in [6, 6.07) is 7.21. The van der Waals surface area contributed by atoms with Gasteiger partial charge in [-0.15, -0.1) is 0 Å². The zero-order valence-electron chi connectivity index (χ0n) is 11.7. The minimum absolute atomic E-state index is 0.00680. The van der Waals surface area contributed by atoms with Crippen molar-refractivity contribution in [1.82, 2.24) is 4.90 Å². The minimum Gasteiger partial charge on any atom is -0.481 e. The van der Waals surface area contributed by atoms with E-state index in [9.17, 15) is 14.7 Å². The lowest BCUT2D eigenvalue weighted by Crippen LogP contribution is -2.37. The fourth-order valence-electron chi connectivity index (χ4n) is 3.72. The van der Waals surface area contributed by atoms with Crippen LogP contribution in [0.5, 0.6) is 0 Å². The first-order valence-electron chi connectivity index (χ1n) is 7.27. The number of fused-ring (bicyclic) bond motifs is 1. The third-order valence-electron chi connectivity index (χ3n) is 4.92. The SMILES string of the molecule is O=C(Cc1ccc(Cl)cc1)N1C[C@@H]2CCC[C@@]2(C(=O)O)C1. The van der Waals surface area contributed by atoms with Gasteiger partial charge in [0.25, 0.3) is 0 Å². The highest BCUT2D eigenvalue weighted by Gasteiger charge is 2.55. The summed E-state index contributed by atoms with van der Waals surface area (Å²) < 4.78 is 0. The van der Waals surface area contributed by atoms with Crippen molar-refractivity contribution in [3.63, 3.8) is 0 Å². The molecule has 1 aliphatic heterocycles. The lowest BCUT2D eigenvalue weighted by molar-refractivity contribution is -0.149. The van der Waals surface area contributed by atoms with Gasteiger partial charge in [0.05, 0.1) is 11.8 Å². The fourth-order valence-corrected chi connectivity index (χ4v) is 3.84. The first kappa shape index (κ1) is 14.4. The van der Waals surface area contributed by atoms with Crippen LogP contribution < -0.4 is 0 Å². The van der Waals surface area contributed by atoms with Crippen LogP contribution in [0.1, 0.15) is 24.8 Å². The molecular formula is C16H18ClNO3. The topological polar surface area (TPSA) is 57.6 Å². The van der Waals surface area contributed by atoms with Crippen molar-refractivity contribution in [2.45, 2.75) is 25.7 Å². The predicted molar refractivity (Wildman–Crippen MR) is 79.1 cm³/mol. The second-order valence-electron chi connectivity index (χ2n) is 6.13. The Morgan fingerprint density at radius 3 is 2.67 bits per heavy atom. The molecule has 1 heterocycles. The second kappa shape index (κ2) is 5.34. The first-order chi connectivity index (χ1) is 10.0. The molecule has 2 fully saturated rings. The van der Waals surface area contributed by atoms with E-state index in [0.29, 0.717) is 31.0 Å². The normalized spacial score (nSPS) is 27.7. The van der Waals surface area contributed by atoms with Gasteiger partial charge in [0.1, 0.15) is 0 Å². The number of benzene rings is 1. The van der Waals surface area contributed by atoms with Crippen LogP contribution in [-0.2, 0) is 16.0 Å². The van der Waals surface area contributed by atoms with Crippen molar-refractivity contribution in [2.75, 3.05) is 13.1 Å². The lowest BCUT2D eigenvalue weighted by atomic mass is 9.81. The van der Waals surface area contributed by atoms with Crippen LogP contribution in [0.3, 0.4) is 0 Å². The summed E-state index contributed by atoms with van der Waals surface area (Å²) in [6.07, 6.45) is 2.87. The molecule has 2 atom stereocenters. The van der Waals surface area contributed by atoms with E-state index in [0.717, 1.165) is 18.4 Å². The molecule has 1 aromatic rings. The molecule has 0 unspecified atom stereocenters. The van der Waals surface area contributed by atoms with Gasteiger partial charge in [-0.05, 0) is 36.5 Å². The quantitative estimate of drug-likeness (QED) is 0.934. The Morgan fingerprint density at radius 2 is 2.05 bits per heavy atom. The second-order valence-corrected chi connectivity index (χ2v) is 6.56. The van der Waals surface area contributed by atoms with Crippen molar-refractivity contribution >= 4 is 23.5 Å². The van der Waals surface area contributed by atoms with E-state index >= 15 is 0 Å². The Hall–Kier alpha value is -1.55. The summed E-state index contributed by atoms with van der Waals surface area (Å²) in [5.74, 6) is -0.622. The number of nitrogens with zero attached hydrogens (tertiary/aromatic N) is 1. The average Bonchev–Trinajstić information content (AvgIpc) is 2.99. The maximum absolute atomic E-state index is 12.4. The van der Waals surface area contributed by atoms with Gasteiger partial charge in [0.2, 0.25) is 5.91 Å². The minimum atomic E-state index is -0.744. The maximum atomic E-state index is 12.4. The van der Waals surface area contributed by atoms with E-state index in [1.807, 2.05) is 12.1 Å². The molecule has 3 rings (SSSR count). The van der Waals surface area contributed by atoms with Gasteiger partial charge in [-0.2, -0.15) is 0 Å². The molecule has 21 heavy (non-hydrogen) atoms. The van der Waals surface area contributed by atoms with Gasteiger partial charge in [-0.25, -0.2) is 0 Å². The number of hydrogen-bond acceptors (Lipinski definition) is 2. The van der Waals surface area contributed by atoms with Crippen molar-refractivity contribution in [3.05, 3.63) is 34.9 Å². The van der Waals surface area contributed by atoms with Crippen molar-refractivity contribution in [2.24, 2.45) is 11.3 Å². The van der Waals surface area contributed by atoms with Crippen LogP contribution in [0.2, 0.25) is 5.02 Å². The fraction of sp³-hybridized carbons (Fsp3) is 0.500. The summed E-state index contributed by atoms with van der Waals surface area (Å²) in [4.78, 5) is 25.7. The van der Waals surface area contributed by atoms with E-state index in [-0.39, 0.29) is 11.8 Å². The van der Waals surface area contributed by atoms with Crippen molar-refractivity contribution in [3.8, 4) is 0 Å². The highest BCUT2D eigenvalue weighted by atomic mass is 35.5. The molecule has 2 aliphatic rings. The number of aliphatic carboxylic acids is 1. The summed E-state index contributed by atoms with van der Waals surface area (Å²) >= 11 is 5.83. The van der Waals surface area contributed by atoms with Crippen LogP contribution in [-0.4, -0.2) is 35.0 Å². The van der Waals surface area contributed by atoms with Crippen LogP contribution >= 0.6 is 11.6 Å². The third-order valence-corrected chi connectivity index (χ3v) is 5.17. The summed E-state index contributed by atoms with van der Waals surface area (Å²) in [5.41, 5.74) is 0.209. The van der Waals surface area contributed by atoms with Crippen LogP contribution in [0.25, 0.3) is 0 Å². The van der Waals surface area contributed by atoms with E-state index in [1.54, 1.807) is 17.0 Å². The van der Waals surface area contributed by atoms with Gasteiger partial charge in [-0.1, -0.05) is 30.2 Å². The number of carboxylic acid groups (broad SMARTS) is 1. The third kappa shape index (κ3) is 2.53. The molecule has 1 saturated carbocycles. The molecule has 0 spiro atoms. The zero-order valence-corrected chi connectivity index (χ0v) is 12.5. The summed E-state index contributed by atoms with van der Waals surface area (Å²) in [6.45, 7) is 0.943. The lowest BCUT2D eigenvalue weighted by Gasteiger charge is -2.23. The number of halogens is 1. The van der Waals surface area contributed by atoms with Gasteiger partial charge < -0.3 is 10.0 Å². The molecule has 1 aliphatic carbocycles. The molecule has 0 aromatic heterocycles. The first-order valence-corrected chi connectivity index (χ1v) is 7.65. The maximum Gasteiger partial charge on any atom is 0.311 e. The predicted octanol–water partition coefficient (Wildman–Crippen LogP) is 2.60. The van der Waals surface area contributed by atoms with E-state index in [2.05, 4.69) is 0 Å². The molecule has 0 bridgehead atoms. The van der Waals surface area contributed by atoms with E-state index in [4.69, 9.17) is 11.6 Å². The Bertz CT molecular complexity index is 571. The molecular weight excluding hydrogens is 290 g/mol. The molecule has 1 N–H and O–H groups in total. The monoisotopic (exact) mass is 307 g/mol. The summed E-state index contributed by atoms with van der Waals surface area (Å²) in [5, 5.41) is 10.2. The Kier molecular flexibility index (Phi) is 3.66. The van der Waals surface area contributed by atoms with Gasteiger partial charge >= 0.3 is 5.97 Å². The smallest absolute Gasteiger partial charge is 0.311 e. The van der Waals surface area contributed by atoms with Crippen LogP contribution in [0.15, 0.2) is 24.3 Å². The Labute approximate surface area is 128 Å². The van der Waals surface area contributed by atoms with Gasteiger partial charge in [-0.3, -0.25) is 9.59 Å². The summed E-state index contributed by atoms with van der Waals surface area (Å²) in [7, 11) is 0. The molecule has 1 aromatic carbocycles. The molecule has 112 valence electrons. The number of likely N-dealkylation sites (tertiary alicyclic amines) is 1. The van der Waals surface area contributed by atoms with Gasteiger partial charge in [0, 0.05) is 18.1 Å². The zero-order chi connectivity index (χ0) is 15.0. The van der Waals surface area contributed by atoms with Crippen LogP contribution in [0.4, 0.5) is 0 Å². The van der Waals surface area contributed by atoms with E-state index < -0.39 is 11.4 Å². The standard InChI is InChI=1S/C16H18ClNO3/c17-13-5-3-11(4-6-13)8-14(19)18-9-12-2-1-7-16(12,10-18)15(20)21/h3-6,12H,1-2,7-10H2,(H,20,21)/t12-,16+/m0/s1. The number of rotatable bonds is 3. The molecule has 0 radical (unpaired) electrons. The highest BCUT2D eigenvalue weighted by molar-refractivity contribution is 6.30. The highest BCUT2D eigenvalue weighted by Crippen LogP contribution is 2.48. The van der Waals surface area contributed by atoms with Crippen molar-refractivity contribution < 1.29 is 14.7 Å². The van der Waals surface area contributed by atoms with Gasteiger partial charge in [0.15, 0.2) is 0 Å². The number of carbonyl (C=O) groups is 2. The van der Waals surface area contributed by atoms with Crippen LogP contribution in [0, 0.1) is 11.3 Å². The Morgan fingerprint density at radius 1 is 1.33 bits per heavy atom. The average molecular weight is 308 g/mol. The molecule has 1 saturated heterocycles. The number of carbonyl (C=O) groups excluding carboxylic acids is 1. The van der Waals surface area contributed by atoms with Crippen molar-refractivity contribution in [1.29, 1.82) is 0 Å². The molecule has 4 nitrogen and oxygen atoms in total. The molecule has 5 heteroatoms. The largest absolute Gasteiger partial charge is 0.481 e.